The lowest BCUT2D eigenvalue weighted by Crippen LogP contribution is -2.39. The highest BCUT2D eigenvalue weighted by Gasteiger charge is 2.28. The molecule has 0 atom stereocenters. The number of amides is 1. The number of rotatable bonds is 1. The third-order valence-corrected chi connectivity index (χ3v) is 2.51. The van der Waals surface area contributed by atoms with Crippen molar-refractivity contribution in [1.82, 2.24) is 0 Å². The number of alkyl halides is 1. The van der Waals surface area contributed by atoms with Gasteiger partial charge in [-0.2, -0.15) is 0 Å². The summed E-state index contributed by atoms with van der Waals surface area (Å²) < 4.78 is 31.9. The van der Waals surface area contributed by atoms with E-state index in [1.54, 1.807) is 0 Å². The van der Waals surface area contributed by atoms with E-state index in [9.17, 15) is 13.6 Å². The molecule has 6 heteroatoms. The fourth-order valence-corrected chi connectivity index (χ4v) is 1.73. The predicted octanol–water partition coefficient (Wildman–Crippen LogP) is 1.93. The standard InChI is InChI=1S/C10H8ClF2NO2/c11-5-8(15)14-3-4-16-10-7(13)2-1-6(12)9(10)14/h1-2H,3-5H2. The van der Waals surface area contributed by atoms with Gasteiger partial charge in [-0.3, -0.25) is 4.79 Å². The summed E-state index contributed by atoms with van der Waals surface area (Å²) in [6, 6.07) is 1.92. The second kappa shape index (κ2) is 4.25. The summed E-state index contributed by atoms with van der Waals surface area (Å²) in [7, 11) is 0. The van der Waals surface area contributed by atoms with E-state index in [2.05, 4.69) is 0 Å². The van der Waals surface area contributed by atoms with Crippen LogP contribution in [-0.4, -0.2) is 24.9 Å². The van der Waals surface area contributed by atoms with Gasteiger partial charge in [0, 0.05) is 0 Å². The molecule has 1 aliphatic rings. The van der Waals surface area contributed by atoms with Crippen molar-refractivity contribution in [2.24, 2.45) is 0 Å². The van der Waals surface area contributed by atoms with Gasteiger partial charge in [-0.05, 0) is 12.1 Å². The van der Waals surface area contributed by atoms with Gasteiger partial charge >= 0.3 is 0 Å². The van der Waals surface area contributed by atoms with Crippen molar-refractivity contribution in [3.63, 3.8) is 0 Å². The number of carbonyl (C=O) groups is 1. The Balaban J connectivity index is 2.53. The van der Waals surface area contributed by atoms with Crippen LogP contribution in [0.3, 0.4) is 0 Å². The first kappa shape index (κ1) is 11.1. The number of benzene rings is 1. The molecule has 0 saturated heterocycles. The topological polar surface area (TPSA) is 29.5 Å². The van der Waals surface area contributed by atoms with Crippen molar-refractivity contribution < 1.29 is 18.3 Å². The van der Waals surface area contributed by atoms with E-state index in [1.165, 1.54) is 0 Å². The maximum atomic E-state index is 13.5. The Morgan fingerprint density at radius 2 is 2.12 bits per heavy atom. The number of anilines is 1. The van der Waals surface area contributed by atoms with Crippen LogP contribution < -0.4 is 9.64 Å². The zero-order valence-electron chi connectivity index (χ0n) is 8.17. The van der Waals surface area contributed by atoms with Gasteiger partial charge in [0.2, 0.25) is 5.91 Å². The first-order valence-corrected chi connectivity index (χ1v) is 5.15. The second-order valence-electron chi connectivity index (χ2n) is 3.23. The van der Waals surface area contributed by atoms with Crippen LogP contribution in [-0.2, 0) is 4.79 Å². The molecule has 0 aromatic heterocycles. The summed E-state index contributed by atoms with van der Waals surface area (Å²) in [4.78, 5) is 12.5. The van der Waals surface area contributed by atoms with E-state index in [0.717, 1.165) is 17.0 Å². The van der Waals surface area contributed by atoms with Crippen molar-refractivity contribution in [1.29, 1.82) is 0 Å². The second-order valence-corrected chi connectivity index (χ2v) is 3.50. The number of hydrogen-bond acceptors (Lipinski definition) is 2. The summed E-state index contributed by atoms with van der Waals surface area (Å²) >= 11 is 5.40. The van der Waals surface area contributed by atoms with E-state index < -0.39 is 17.5 Å². The van der Waals surface area contributed by atoms with Crippen molar-refractivity contribution in [3.05, 3.63) is 23.8 Å². The molecule has 3 nitrogen and oxygen atoms in total. The fraction of sp³-hybridized carbons (Fsp3) is 0.300. The first-order valence-electron chi connectivity index (χ1n) is 4.62. The highest BCUT2D eigenvalue weighted by molar-refractivity contribution is 6.29. The van der Waals surface area contributed by atoms with Crippen LogP contribution in [0.2, 0.25) is 0 Å². The number of fused-ring (bicyclic) bond motifs is 1. The van der Waals surface area contributed by atoms with Gasteiger partial charge in [-0.15, -0.1) is 11.6 Å². The number of carbonyl (C=O) groups excluding carboxylic acids is 1. The van der Waals surface area contributed by atoms with E-state index in [-0.39, 0.29) is 30.5 Å². The molecule has 1 aliphatic heterocycles. The van der Waals surface area contributed by atoms with E-state index in [4.69, 9.17) is 16.3 Å². The summed E-state index contributed by atoms with van der Waals surface area (Å²) in [5.41, 5.74) is -0.170. The van der Waals surface area contributed by atoms with Crippen LogP contribution in [0.5, 0.6) is 5.75 Å². The Labute approximate surface area is 95.6 Å². The van der Waals surface area contributed by atoms with Crippen LogP contribution >= 0.6 is 11.6 Å². The number of halogens is 3. The average molecular weight is 248 g/mol. The monoisotopic (exact) mass is 247 g/mol. The van der Waals surface area contributed by atoms with Gasteiger partial charge in [-0.25, -0.2) is 8.78 Å². The smallest absolute Gasteiger partial charge is 0.242 e. The summed E-state index contributed by atoms with van der Waals surface area (Å²) in [5.74, 6) is -2.38. The van der Waals surface area contributed by atoms with Crippen molar-refractivity contribution in [3.8, 4) is 5.75 Å². The number of ether oxygens (including phenoxy) is 1. The number of hydrogen-bond donors (Lipinski definition) is 0. The molecule has 1 amide bonds. The van der Waals surface area contributed by atoms with Gasteiger partial charge in [-0.1, -0.05) is 0 Å². The molecule has 0 radical (unpaired) electrons. The lowest BCUT2D eigenvalue weighted by atomic mass is 10.2. The minimum absolute atomic E-state index is 0.121. The molecule has 0 fully saturated rings. The van der Waals surface area contributed by atoms with E-state index >= 15 is 0 Å². The Kier molecular flexibility index (Phi) is 2.96. The SMILES string of the molecule is O=C(CCl)N1CCOc2c(F)ccc(F)c21. The van der Waals surface area contributed by atoms with Crippen LogP contribution in [0.15, 0.2) is 12.1 Å². The molecule has 2 rings (SSSR count). The molecule has 1 heterocycles. The maximum Gasteiger partial charge on any atom is 0.242 e. The molecule has 1 aromatic rings. The Morgan fingerprint density at radius 1 is 1.44 bits per heavy atom. The van der Waals surface area contributed by atoms with Gasteiger partial charge in [0.1, 0.15) is 18.2 Å². The molecule has 0 unspecified atom stereocenters. The largest absolute Gasteiger partial charge is 0.486 e. The van der Waals surface area contributed by atoms with Crippen LogP contribution in [0, 0.1) is 11.6 Å². The van der Waals surface area contributed by atoms with Gasteiger partial charge in [0.15, 0.2) is 17.4 Å². The third kappa shape index (κ3) is 1.71. The summed E-state index contributed by atoms with van der Waals surface area (Å²) in [5, 5.41) is 0. The van der Waals surface area contributed by atoms with Crippen LogP contribution in [0.25, 0.3) is 0 Å². The molecule has 1 aromatic carbocycles. The molecule has 0 saturated carbocycles. The Hall–Kier alpha value is -1.36. The molecular weight excluding hydrogens is 240 g/mol. The lowest BCUT2D eigenvalue weighted by molar-refractivity contribution is -0.116. The van der Waals surface area contributed by atoms with E-state index in [1.807, 2.05) is 0 Å². The van der Waals surface area contributed by atoms with Gasteiger partial charge in [0.25, 0.3) is 0 Å². The normalized spacial score (nSPS) is 14.3. The minimum Gasteiger partial charge on any atom is -0.486 e. The molecule has 16 heavy (non-hydrogen) atoms. The average Bonchev–Trinajstić information content (AvgIpc) is 2.32. The van der Waals surface area contributed by atoms with Crippen LogP contribution in [0.1, 0.15) is 0 Å². The molecule has 0 bridgehead atoms. The zero-order chi connectivity index (χ0) is 11.7. The maximum absolute atomic E-state index is 13.5. The summed E-state index contributed by atoms with van der Waals surface area (Å²) in [6.45, 7) is 0.287. The Morgan fingerprint density at radius 3 is 2.81 bits per heavy atom. The van der Waals surface area contributed by atoms with Crippen molar-refractivity contribution in [2.45, 2.75) is 0 Å². The highest BCUT2D eigenvalue weighted by Crippen LogP contribution is 2.36. The molecule has 0 aliphatic carbocycles. The minimum atomic E-state index is -0.699. The van der Waals surface area contributed by atoms with Crippen molar-refractivity contribution >= 4 is 23.2 Å². The highest BCUT2D eigenvalue weighted by atomic mass is 35.5. The van der Waals surface area contributed by atoms with Gasteiger partial charge in [0.05, 0.1) is 6.54 Å². The van der Waals surface area contributed by atoms with Crippen molar-refractivity contribution in [2.75, 3.05) is 23.9 Å². The van der Waals surface area contributed by atoms with E-state index in [0.29, 0.717) is 0 Å². The fourth-order valence-electron chi connectivity index (χ4n) is 1.58. The molecule has 86 valence electrons. The molecule has 0 N–H and O–H groups in total. The first-order chi connectivity index (χ1) is 7.65. The predicted molar refractivity (Wildman–Crippen MR) is 54.9 cm³/mol. The lowest BCUT2D eigenvalue weighted by Gasteiger charge is -2.29. The quantitative estimate of drug-likeness (QED) is 0.710. The molecule has 0 spiro atoms. The molecular formula is C10H8ClF2NO2. The number of nitrogens with zero attached hydrogens (tertiary/aromatic N) is 1. The van der Waals surface area contributed by atoms with Gasteiger partial charge < -0.3 is 9.64 Å². The zero-order valence-corrected chi connectivity index (χ0v) is 8.93. The van der Waals surface area contributed by atoms with Crippen LogP contribution in [0.4, 0.5) is 14.5 Å². The Bertz CT molecular complexity index is 439. The third-order valence-electron chi connectivity index (χ3n) is 2.28. The summed E-state index contributed by atoms with van der Waals surface area (Å²) in [6.07, 6.45) is 0.